The van der Waals surface area contributed by atoms with Crippen molar-refractivity contribution in [3.8, 4) is 0 Å². The molecule has 0 aliphatic rings. The molecule has 0 radical (unpaired) electrons. The van der Waals surface area contributed by atoms with Gasteiger partial charge in [0.05, 0.1) is 0 Å². The van der Waals surface area contributed by atoms with Crippen molar-refractivity contribution < 1.29 is 0 Å². The van der Waals surface area contributed by atoms with Gasteiger partial charge in [-0.3, -0.25) is 0 Å². The van der Waals surface area contributed by atoms with E-state index in [9.17, 15) is 0 Å². The fourth-order valence-electron chi connectivity index (χ4n) is 1.23. The van der Waals surface area contributed by atoms with Gasteiger partial charge in [-0.15, -0.1) is 0 Å². The first kappa shape index (κ1) is 10.2. The Bertz CT molecular complexity index is 473. The zero-order chi connectivity index (χ0) is 11.5. The van der Waals surface area contributed by atoms with Crippen molar-refractivity contribution in [2.75, 3.05) is 16.8 Å². The quantitative estimate of drug-likeness (QED) is 0.694. The van der Waals surface area contributed by atoms with Gasteiger partial charge >= 0.3 is 0 Å². The van der Waals surface area contributed by atoms with Crippen molar-refractivity contribution in [2.45, 2.75) is 6.92 Å². The summed E-state index contributed by atoms with van der Waals surface area (Å²) in [4.78, 5) is 11.5. The Morgan fingerprint density at radius 1 is 0.938 bits per heavy atom. The van der Waals surface area contributed by atoms with Gasteiger partial charge in [0.25, 0.3) is 0 Å². The largest absolute Gasteiger partial charge is 0.368 e. The molecule has 5 N–H and O–H groups in total. The molecule has 82 valence electrons. The molecule has 0 spiro atoms. The second-order valence-corrected chi connectivity index (χ2v) is 3.37. The molecule has 1 aromatic carbocycles. The fraction of sp³-hybridized carbons (Fsp3) is 0.100. The van der Waals surface area contributed by atoms with Gasteiger partial charge in [-0.1, -0.05) is 17.7 Å². The summed E-state index contributed by atoms with van der Waals surface area (Å²) >= 11 is 0. The average molecular weight is 216 g/mol. The summed E-state index contributed by atoms with van der Waals surface area (Å²) in [7, 11) is 0. The van der Waals surface area contributed by atoms with Crippen LogP contribution < -0.4 is 16.8 Å². The Morgan fingerprint density at radius 3 is 2.06 bits per heavy atom. The van der Waals surface area contributed by atoms with Gasteiger partial charge in [0.2, 0.25) is 17.8 Å². The molecule has 6 nitrogen and oxygen atoms in total. The van der Waals surface area contributed by atoms with E-state index in [0.29, 0.717) is 5.95 Å². The second kappa shape index (κ2) is 4.01. The van der Waals surface area contributed by atoms with E-state index in [1.54, 1.807) is 0 Å². The Labute approximate surface area is 92.7 Å². The molecule has 0 saturated carbocycles. The molecule has 0 aliphatic heterocycles. The van der Waals surface area contributed by atoms with Crippen molar-refractivity contribution in [2.24, 2.45) is 0 Å². The molecule has 2 rings (SSSR count). The van der Waals surface area contributed by atoms with Crippen molar-refractivity contribution >= 4 is 23.5 Å². The SMILES string of the molecule is Cc1ccc(Nc2nc(N)nc(N)n2)cc1. The van der Waals surface area contributed by atoms with Gasteiger partial charge < -0.3 is 16.8 Å². The number of nitrogen functional groups attached to an aromatic ring is 2. The van der Waals surface area contributed by atoms with Gasteiger partial charge in [0.15, 0.2) is 0 Å². The Kier molecular flexibility index (Phi) is 2.55. The second-order valence-electron chi connectivity index (χ2n) is 3.37. The lowest BCUT2D eigenvalue weighted by Gasteiger charge is -2.05. The van der Waals surface area contributed by atoms with E-state index in [-0.39, 0.29) is 11.9 Å². The third-order valence-electron chi connectivity index (χ3n) is 1.98. The first-order valence-electron chi connectivity index (χ1n) is 4.74. The maximum atomic E-state index is 5.45. The highest BCUT2D eigenvalue weighted by Crippen LogP contribution is 2.14. The van der Waals surface area contributed by atoms with Crippen LogP contribution in [0.4, 0.5) is 23.5 Å². The molecule has 0 saturated heterocycles. The molecule has 6 heteroatoms. The minimum absolute atomic E-state index is 0.0992. The third-order valence-corrected chi connectivity index (χ3v) is 1.98. The number of nitrogens with zero attached hydrogens (tertiary/aromatic N) is 3. The van der Waals surface area contributed by atoms with Crippen LogP contribution >= 0.6 is 0 Å². The van der Waals surface area contributed by atoms with Crippen LogP contribution in [0.2, 0.25) is 0 Å². The van der Waals surface area contributed by atoms with E-state index in [2.05, 4.69) is 20.3 Å². The Morgan fingerprint density at radius 2 is 1.50 bits per heavy atom. The molecule has 0 atom stereocenters. The zero-order valence-electron chi connectivity index (χ0n) is 8.81. The van der Waals surface area contributed by atoms with Crippen molar-refractivity contribution in [1.82, 2.24) is 15.0 Å². The lowest BCUT2D eigenvalue weighted by atomic mass is 10.2. The summed E-state index contributed by atoms with van der Waals surface area (Å²) < 4.78 is 0. The fourth-order valence-corrected chi connectivity index (χ4v) is 1.23. The summed E-state index contributed by atoms with van der Waals surface area (Å²) in [6, 6.07) is 7.81. The van der Waals surface area contributed by atoms with Crippen LogP contribution in [0, 0.1) is 6.92 Å². The van der Waals surface area contributed by atoms with Gasteiger partial charge in [-0.05, 0) is 19.1 Å². The van der Waals surface area contributed by atoms with Gasteiger partial charge in [0, 0.05) is 5.69 Å². The normalized spacial score (nSPS) is 10.1. The highest BCUT2D eigenvalue weighted by molar-refractivity contribution is 5.55. The molecule has 0 amide bonds. The zero-order valence-corrected chi connectivity index (χ0v) is 8.81. The summed E-state index contributed by atoms with van der Waals surface area (Å²) in [6.07, 6.45) is 0. The lowest BCUT2D eigenvalue weighted by molar-refractivity contribution is 1.08. The molecule has 0 unspecified atom stereocenters. The Hall–Kier alpha value is -2.37. The molecule has 1 aromatic heterocycles. The van der Waals surface area contributed by atoms with Crippen LogP contribution in [-0.4, -0.2) is 15.0 Å². The minimum Gasteiger partial charge on any atom is -0.368 e. The monoisotopic (exact) mass is 216 g/mol. The van der Waals surface area contributed by atoms with Gasteiger partial charge in [0.1, 0.15) is 0 Å². The van der Waals surface area contributed by atoms with Crippen molar-refractivity contribution in [3.63, 3.8) is 0 Å². The predicted molar refractivity (Wildman–Crippen MR) is 63.1 cm³/mol. The van der Waals surface area contributed by atoms with Gasteiger partial charge in [-0.25, -0.2) is 0 Å². The van der Waals surface area contributed by atoms with Gasteiger partial charge in [-0.2, -0.15) is 15.0 Å². The number of nitrogens with one attached hydrogen (secondary N) is 1. The molecule has 0 fully saturated rings. The smallest absolute Gasteiger partial charge is 0.233 e. The van der Waals surface area contributed by atoms with E-state index in [1.165, 1.54) is 5.56 Å². The molecule has 2 aromatic rings. The maximum Gasteiger partial charge on any atom is 0.233 e. The van der Waals surface area contributed by atoms with E-state index in [4.69, 9.17) is 11.5 Å². The molecule has 1 heterocycles. The maximum absolute atomic E-state index is 5.45. The molecule has 0 aliphatic carbocycles. The summed E-state index contributed by atoms with van der Waals surface area (Å²) in [5.41, 5.74) is 13.0. The summed E-state index contributed by atoms with van der Waals surface area (Å²) in [6.45, 7) is 2.02. The van der Waals surface area contributed by atoms with Crippen LogP contribution in [0.25, 0.3) is 0 Å². The van der Waals surface area contributed by atoms with Crippen LogP contribution in [-0.2, 0) is 0 Å². The number of benzene rings is 1. The number of aryl methyl sites for hydroxylation is 1. The lowest BCUT2D eigenvalue weighted by Crippen LogP contribution is -2.06. The first-order valence-corrected chi connectivity index (χ1v) is 4.74. The number of anilines is 4. The van der Waals surface area contributed by atoms with Crippen molar-refractivity contribution in [3.05, 3.63) is 29.8 Å². The Balaban J connectivity index is 2.23. The molecular weight excluding hydrogens is 204 g/mol. The van der Waals surface area contributed by atoms with Crippen LogP contribution in [0.1, 0.15) is 5.56 Å². The summed E-state index contributed by atoms with van der Waals surface area (Å²) in [5.74, 6) is 0.540. The molecule has 0 bridgehead atoms. The number of aromatic nitrogens is 3. The highest BCUT2D eigenvalue weighted by Gasteiger charge is 2.01. The standard InChI is InChI=1S/C10H12N6/c1-6-2-4-7(5-3-6)13-10-15-8(11)14-9(12)16-10/h2-5H,1H3,(H5,11,12,13,14,15,16). The van der Waals surface area contributed by atoms with Crippen LogP contribution in [0.5, 0.6) is 0 Å². The summed E-state index contributed by atoms with van der Waals surface area (Å²) in [5, 5.41) is 2.99. The third kappa shape index (κ3) is 2.35. The number of hydrogen-bond donors (Lipinski definition) is 3. The van der Waals surface area contributed by atoms with Crippen molar-refractivity contribution in [1.29, 1.82) is 0 Å². The number of hydrogen-bond acceptors (Lipinski definition) is 6. The number of rotatable bonds is 2. The predicted octanol–water partition coefficient (Wildman–Crippen LogP) is 1.09. The number of nitrogens with two attached hydrogens (primary N) is 2. The van der Waals surface area contributed by atoms with E-state index in [1.807, 2.05) is 31.2 Å². The topological polar surface area (TPSA) is 103 Å². The molecular formula is C10H12N6. The van der Waals surface area contributed by atoms with E-state index < -0.39 is 0 Å². The molecule has 16 heavy (non-hydrogen) atoms. The van der Waals surface area contributed by atoms with Crippen LogP contribution in [0.3, 0.4) is 0 Å². The van der Waals surface area contributed by atoms with Crippen LogP contribution in [0.15, 0.2) is 24.3 Å². The minimum atomic E-state index is 0.0992. The average Bonchev–Trinajstić information content (AvgIpc) is 2.20. The highest BCUT2D eigenvalue weighted by atomic mass is 15.2. The van der Waals surface area contributed by atoms with E-state index in [0.717, 1.165) is 5.69 Å². The van der Waals surface area contributed by atoms with E-state index >= 15 is 0 Å². The first-order chi connectivity index (χ1) is 7.63.